The van der Waals surface area contributed by atoms with Crippen molar-refractivity contribution in [3.05, 3.63) is 71.1 Å². The Kier molecular flexibility index (Phi) is 6.64. The summed E-state index contributed by atoms with van der Waals surface area (Å²) in [6, 6.07) is 10.7. The van der Waals surface area contributed by atoms with Gasteiger partial charge in [0.15, 0.2) is 0 Å². The van der Waals surface area contributed by atoms with E-state index >= 15 is 0 Å². The van der Waals surface area contributed by atoms with Gasteiger partial charge in [0, 0.05) is 33.8 Å². The zero-order valence-electron chi connectivity index (χ0n) is 17.4. The first-order valence-electron chi connectivity index (χ1n) is 10.0. The van der Waals surface area contributed by atoms with E-state index in [2.05, 4.69) is 20.0 Å². The van der Waals surface area contributed by atoms with Crippen molar-refractivity contribution in [1.82, 2.24) is 9.97 Å². The van der Waals surface area contributed by atoms with E-state index in [0.29, 0.717) is 35.4 Å². The predicted octanol–water partition coefficient (Wildman–Crippen LogP) is 5.68. The summed E-state index contributed by atoms with van der Waals surface area (Å²) in [4.78, 5) is 19.2. The maximum Gasteiger partial charge on any atom is 0.573 e. The molecule has 0 amide bonds. The Morgan fingerprint density at radius 2 is 1.88 bits per heavy atom. The summed E-state index contributed by atoms with van der Waals surface area (Å²) in [6.07, 6.45) is -3.98. The predicted molar refractivity (Wildman–Crippen MR) is 119 cm³/mol. The third kappa shape index (κ3) is 5.60. The number of nitrogens with one attached hydrogen (secondary N) is 1. The molecule has 6 nitrogen and oxygen atoms in total. The van der Waals surface area contributed by atoms with Crippen molar-refractivity contribution in [1.29, 1.82) is 0 Å². The first-order valence-corrected chi connectivity index (χ1v) is 10.9. The highest BCUT2D eigenvalue weighted by Crippen LogP contribution is 2.32. The Balaban J connectivity index is 1.50. The van der Waals surface area contributed by atoms with E-state index in [4.69, 9.17) is 5.11 Å². The van der Waals surface area contributed by atoms with Gasteiger partial charge in [-0.3, -0.25) is 4.79 Å². The van der Waals surface area contributed by atoms with Crippen LogP contribution < -0.4 is 10.1 Å². The smallest absolute Gasteiger partial charge is 0.481 e. The molecule has 0 aliphatic rings. The van der Waals surface area contributed by atoms with E-state index in [1.807, 2.05) is 11.4 Å². The molecular weight excluding hydrogens is 474 g/mol. The van der Waals surface area contributed by atoms with Gasteiger partial charge in [0.2, 0.25) is 0 Å². The molecule has 0 aliphatic carbocycles. The van der Waals surface area contributed by atoms with Gasteiger partial charge in [-0.15, -0.1) is 24.5 Å². The quantitative estimate of drug-likeness (QED) is 0.309. The lowest BCUT2D eigenvalue weighted by Crippen LogP contribution is -2.18. The lowest BCUT2D eigenvalue weighted by atomic mass is 10.1. The Morgan fingerprint density at radius 3 is 2.65 bits per heavy atom. The van der Waals surface area contributed by atoms with Crippen LogP contribution in [-0.4, -0.2) is 34.0 Å². The normalized spacial score (nSPS) is 11.5. The van der Waals surface area contributed by atoms with Gasteiger partial charge in [-0.25, -0.2) is 14.4 Å². The second-order valence-corrected chi connectivity index (χ2v) is 8.22. The van der Waals surface area contributed by atoms with E-state index in [-0.39, 0.29) is 16.9 Å². The van der Waals surface area contributed by atoms with Crippen LogP contribution in [0.4, 0.5) is 23.4 Å². The number of rotatable bonds is 8. The molecule has 2 heterocycles. The second kappa shape index (κ2) is 9.64. The molecular formula is C23H17F4N3O3S. The standard InChI is InChI=1S/C23H17F4N3O3S/c24-22-13(3-4-19-16(22)6-8-34-19)5-7-28-20-11-17(29-12-30-20)14-1-2-15(10-21(31)32)18(9-14)33-23(25,26)27/h1-4,6,8-9,11-12H,5,7,10H2,(H,31,32)(H,28,29,30). The molecule has 0 atom stereocenters. The average Bonchev–Trinajstić information content (AvgIpc) is 3.25. The van der Waals surface area contributed by atoms with Crippen LogP contribution in [0.1, 0.15) is 11.1 Å². The van der Waals surface area contributed by atoms with Crippen molar-refractivity contribution < 1.29 is 32.2 Å². The number of carboxylic acids is 1. The number of carbonyl (C=O) groups is 1. The van der Waals surface area contributed by atoms with Crippen molar-refractivity contribution in [2.75, 3.05) is 11.9 Å². The van der Waals surface area contributed by atoms with Gasteiger partial charge in [0.25, 0.3) is 0 Å². The zero-order chi connectivity index (χ0) is 24.3. The highest BCUT2D eigenvalue weighted by atomic mass is 32.1. The number of alkyl halides is 3. The number of hydrogen-bond acceptors (Lipinski definition) is 6. The van der Waals surface area contributed by atoms with Gasteiger partial charge in [0.05, 0.1) is 12.1 Å². The van der Waals surface area contributed by atoms with Crippen molar-refractivity contribution in [2.24, 2.45) is 0 Å². The number of fused-ring (bicyclic) bond motifs is 1. The molecule has 0 bridgehead atoms. The molecule has 0 unspecified atom stereocenters. The van der Waals surface area contributed by atoms with E-state index < -0.39 is 24.5 Å². The minimum absolute atomic E-state index is 0.120. The Bertz CT molecular complexity index is 1340. The van der Waals surface area contributed by atoms with Gasteiger partial charge in [-0.05, 0) is 35.6 Å². The van der Waals surface area contributed by atoms with Crippen LogP contribution in [0.15, 0.2) is 54.2 Å². The van der Waals surface area contributed by atoms with Crippen LogP contribution in [0.5, 0.6) is 5.75 Å². The first kappa shape index (κ1) is 23.4. The number of thiophene rings is 1. The number of nitrogens with zero attached hydrogens (tertiary/aromatic N) is 2. The van der Waals surface area contributed by atoms with Gasteiger partial charge in [0.1, 0.15) is 23.7 Å². The molecule has 0 spiro atoms. The monoisotopic (exact) mass is 491 g/mol. The van der Waals surface area contributed by atoms with Gasteiger partial charge < -0.3 is 15.2 Å². The topological polar surface area (TPSA) is 84.3 Å². The van der Waals surface area contributed by atoms with E-state index in [1.54, 1.807) is 12.1 Å². The van der Waals surface area contributed by atoms with E-state index in [0.717, 1.165) is 10.8 Å². The fourth-order valence-electron chi connectivity index (χ4n) is 3.43. The van der Waals surface area contributed by atoms with Crippen LogP contribution in [0.3, 0.4) is 0 Å². The summed E-state index contributed by atoms with van der Waals surface area (Å²) in [5.41, 5.74) is 1.02. The Hall–Kier alpha value is -3.73. The first-order chi connectivity index (χ1) is 16.2. The highest BCUT2D eigenvalue weighted by Gasteiger charge is 2.32. The molecule has 0 aliphatic heterocycles. The van der Waals surface area contributed by atoms with Gasteiger partial charge in [-0.1, -0.05) is 18.2 Å². The second-order valence-electron chi connectivity index (χ2n) is 7.28. The van der Waals surface area contributed by atoms with E-state index in [1.165, 1.54) is 35.9 Å². The summed E-state index contributed by atoms with van der Waals surface area (Å²) in [5, 5.41) is 14.4. The lowest BCUT2D eigenvalue weighted by Gasteiger charge is -2.14. The maximum absolute atomic E-state index is 14.6. The molecule has 34 heavy (non-hydrogen) atoms. The third-order valence-corrected chi connectivity index (χ3v) is 5.83. The average molecular weight is 491 g/mol. The van der Waals surface area contributed by atoms with Crippen molar-refractivity contribution in [3.63, 3.8) is 0 Å². The number of aromatic nitrogens is 2. The molecule has 11 heteroatoms. The molecule has 2 aromatic heterocycles. The van der Waals surface area contributed by atoms with Crippen molar-refractivity contribution >= 4 is 33.2 Å². The van der Waals surface area contributed by atoms with Gasteiger partial charge in [-0.2, -0.15) is 0 Å². The minimum Gasteiger partial charge on any atom is -0.481 e. The maximum atomic E-state index is 14.6. The van der Waals surface area contributed by atoms with Crippen LogP contribution in [0, 0.1) is 5.82 Å². The molecule has 176 valence electrons. The fraction of sp³-hybridized carbons (Fsp3) is 0.174. The molecule has 4 rings (SSSR count). The Labute approximate surface area is 194 Å². The molecule has 4 aromatic rings. The number of halogens is 4. The van der Waals surface area contributed by atoms with Crippen molar-refractivity contribution in [2.45, 2.75) is 19.2 Å². The molecule has 0 fully saturated rings. The zero-order valence-corrected chi connectivity index (χ0v) is 18.2. The highest BCUT2D eigenvalue weighted by molar-refractivity contribution is 7.17. The fourth-order valence-corrected chi connectivity index (χ4v) is 4.21. The number of anilines is 1. The van der Waals surface area contributed by atoms with E-state index in [9.17, 15) is 22.4 Å². The van der Waals surface area contributed by atoms with Gasteiger partial charge >= 0.3 is 12.3 Å². The number of carboxylic acid groups (broad SMARTS) is 1. The molecule has 2 N–H and O–H groups in total. The summed E-state index contributed by atoms with van der Waals surface area (Å²) >= 11 is 1.46. The Morgan fingerprint density at radius 1 is 1.09 bits per heavy atom. The third-order valence-electron chi connectivity index (χ3n) is 4.95. The summed E-state index contributed by atoms with van der Waals surface area (Å²) in [7, 11) is 0. The SMILES string of the molecule is O=C(O)Cc1ccc(-c2cc(NCCc3ccc4sccc4c3F)ncn2)cc1OC(F)(F)F. The molecule has 0 saturated heterocycles. The largest absolute Gasteiger partial charge is 0.573 e. The molecule has 2 aromatic carbocycles. The summed E-state index contributed by atoms with van der Waals surface area (Å²) in [5.74, 6) is -1.76. The lowest BCUT2D eigenvalue weighted by molar-refractivity contribution is -0.274. The summed E-state index contributed by atoms with van der Waals surface area (Å²) < 4.78 is 57.9. The summed E-state index contributed by atoms with van der Waals surface area (Å²) in [6.45, 7) is 0.364. The number of benzene rings is 2. The minimum atomic E-state index is -4.98. The molecule has 0 saturated carbocycles. The van der Waals surface area contributed by atoms with Crippen LogP contribution in [-0.2, 0) is 17.6 Å². The number of ether oxygens (including phenoxy) is 1. The van der Waals surface area contributed by atoms with Crippen molar-refractivity contribution in [3.8, 4) is 17.0 Å². The number of hydrogen-bond donors (Lipinski definition) is 2. The molecule has 0 radical (unpaired) electrons. The van der Waals surface area contributed by atoms with Crippen LogP contribution in [0.2, 0.25) is 0 Å². The van der Waals surface area contributed by atoms with Crippen LogP contribution in [0.25, 0.3) is 21.3 Å². The van der Waals surface area contributed by atoms with Crippen LogP contribution >= 0.6 is 11.3 Å². The number of aliphatic carboxylic acids is 1.